The van der Waals surface area contributed by atoms with Gasteiger partial charge in [0.2, 0.25) is 5.91 Å². The molecule has 0 radical (unpaired) electrons. The van der Waals surface area contributed by atoms with Gasteiger partial charge in [0.1, 0.15) is 39.9 Å². The van der Waals surface area contributed by atoms with Crippen LogP contribution in [0.5, 0.6) is 0 Å². The number of sulfone groups is 1. The van der Waals surface area contributed by atoms with Crippen LogP contribution in [-0.2, 0) is 51.5 Å². The van der Waals surface area contributed by atoms with Crippen molar-refractivity contribution in [2.75, 3.05) is 5.32 Å². The van der Waals surface area contributed by atoms with Crippen molar-refractivity contribution in [2.24, 2.45) is 13.0 Å². The summed E-state index contributed by atoms with van der Waals surface area (Å²) in [5.41, 5.74) is 0.406. The molecule has 24 heteroatoms. The molecule has 360 valence electrons. The van der Waals surface area contributed by atoms with Crippen LogP contribution in [0.25, 0.3) is 22.0 Å². The Morgan fingerprint density at radius 1 is 1.01 bits per heavy atom. The molecule has 2 saturated carbocycles. The third-order valence-electron chi connectivity index (χ3n) is 11.9. The van der Waals surface area contributed by atoms with E-state index in [1.165, 1.54) is 50.6 Å². The van der Waals surface area contributed by atoms with Crippen LogP contribution in [-0.4, -0.2) is 70.6 Å². The van der Waals surface area contributed by atoms with Crippen molar-refractivity contribution in [3.05, 3.63) is 93.0 Å². The Balaban J connectivity index is 1.25. The van der Waals surface area contributed by atoms with E-state index in [9.17, 15) is 45.1 Å². The number of anilines is 1. The van der Waals surface area contributed by atoms with Gasteiger partial charge < -0.3 is 15.7 Å². The number of carbonyl (C=O) groups is 2. The standard InChI is InChI=1S/C44H41ClF7N9O5S2/c1-41(2,68(65,66)24-7-8-24)13-12-23-6-9-25(26-10-11-29(45)33-35(26)60(5)59-38(33)55-40(67)57-56-39(63)42(3,4)64)34(53-23)30(16-20-14-21(46)17-22(47)15-20)54-31(62)19-61-37-32(36(58-61)44(50,51)52)27-18-28(27)43(37,48)49/h6,9-11,14-15,17,24,27-28,30,64H,7-8,16,18-19H2,1-5H3,(H,54,62)(H,56,63)(H2,55,57,59,67)/t27?,28-,30+/m1/s1. The number of nitrogens with one attached hydrogen (secondary N) is 4. The molecule has 68 heavy (non-hydrogen) atoms. The first kappa shape index (κ1) is 48.6. The average Bonchev–Trinajstić information content (AvgIpc) is 4.15. The van der Waals surface area contributed by atoms with Crippen molar-refractivity contribution < 1.29 is 53.8 Å². The normalized spacial score (nSPS) is 18.0. The van der Waals surface area contributed by atoms with E-state index in [0.717, 1.165) is 12.1 Å². The number of nitrogens with zero attached hydrogens (tertiary/aromatic N) is 5. The van der Waals surface area contributed by atoms with Crippen LogP contribution in [0.1, 0.15) is 92.8 Å². The Morgan fingerprint density at radius 3 is 2.31 bits per heavy atom. The molecular weight excluding hydrogens is 967 g/mol. The molecule has 2 amide bonds. The number of aromatic nitrogens is 5. The van der Waals surface area contributed by atoms with Crippen LogP contribution in [0.15, 0.2) is 42.5 Å². The molecule has 3 aliphatic rings. The van der Waals surface area contributed by atoms with Gasteiger partial charge in [-0.25, -0.2) is 22.2 Å². The molecule has 2 aromatic carbocycles. The molecule has 3 heterocycles. The van der Waals surface area contributed by atoms with Gasteiger partial charge in [0.15, 0.2) is 26.5 Å². The number of hydrogen-bond acceptors (Lipinski definition) is 9. The molecule has 0 bridgehead atoms. The summed E-state index contributed by atoms with van der Waals surface area (Å²) in [7, 11) is -2.17. The Kier molecular flexibility index (Phi) is 12.1. The number of hydrogen-bond donors (Lipinski definition) is 5. The summed E-state index contributed by atoms with van der Waals surface area (Å²) < 4.78 is 130. The fraction of sp³-hybridized carbons (Fsp3) is 0.409. The zero-order chi connectivity index (χ0) is 49.6. The fourth-order valence-corrected chi connectivity index (χ4v) is 10.5. The zero-order valence-corrected chi connectivity index (χ0v) is 38.9. The van der Waals surface area contributed by atoms with Gasteiger partial charge in [-0.2, -0.15) is 32.1 Å². The van der Waals surface area contributed by atoms with Crippen molar-refractivity contribution in [3.63, 3.8) is 0 Å². The SMILES string of the molecule is Cn1nc(NC(=S)NNC(=O)C(C)(C)O)c2c(Cl)ccc(-c3ccc(C#CC(C)(C)S(=O)(=O)C4CC4)nc3[C@H](Cc3cc(F)cc(F)c3)NC(=O)Cn3nc(C(F)(F)F)c4c3C(F)(F)[C@@H]3CC43)c21. The minimum absolute atomic E-state index is 0.0341. The van der Waals surface area contributed by atoms with Crippen molar-refractivity contribution in [2.45, 2.75) is 99.6 Å². The minimum atomic E-state index is -5.12. The second-order valence-electron chi connectivity index (χ2n) is 18.0. The largest absolute Gasteiger partial charge is 0.435 e. The molecule has 0 saturated heterocycles. The van der Waals surface area contributed by atoms with Crippen LogP contribution in [0, 0.1) is 29.4 Å². The highest BCUT2D eigenvalue weighted by molar-refractivity contribution is 7.93. The van der Waals surface area contributed by atoms with E-state index in [0.29, 0.717) is 34.7 Å². The summed E-state index contributed by atoms with van der Waals surface area (Å²) in [6, 6.07) is 7.11. The summed E-state index contributed by atoms with van der Waals surface area (Å²) >= 11 is 12.1. The molecule has 1 unspecified atom stereocenters. The lowest BCUT2D eigenvalue weighted by Crippen LogP contribution is -2.51. The number of thiocarbonyl (C=S) groups is 1. The summed E-state index contributed by atoms with van der Waals surface area (Å²) in [5.74, 6) is -4.47. The lowest BCUT2D eigenvalue weighted by Gasteiger charge is -2.23. The quantitative estimate of drug-likeness (QED) is 0.0402. The number of pyridine rings is 1. The molecular formula is C44H41ClF7N9O5S2. The van der Waals surface area contributed by atoms with Crippen molar-refractivity contribution in [3.8, 4) is 23.0 Å². The average molecular weight is 1010 g/mol. The number of amides is 2. The second kappa shape index (κ2) is 17.0. The Labute approximate surface area is 394 Å². The van der Waals surface area contributed by atoms with E-state index < -0.39 is 109 Å². The van der Waals surface area contributed by atoms with Gasteiger partial charge >= 0.3 is 6.18 Å². The fourth-order valence-electron chi connectivity index (χ4n) is 8.36. The lowest BCUT2D eigenvalue weighted by molar-refractivity contribution is -0.142. The summed E-state index contributed by atoms with van der Waals surface area (Å²) in [6.07, 6.45) is -4.79. The van der Waals surface area contributed by atoms with Crippen molar-refractivity contribution in [1.29, 1.82) is 0 Å². The maximum absolute atomic E-state index is 15.6. The first-order valence-corrected chi connectivity index (χ1v) is 23.2. The number of halogens is 8. The van der Waals surface area contributed by atoms with Gasteiger partial charge in [0, 0.05) is 35.7 Å². The molecule has 5 N–H and O–H groups in total. The first-order chi connectivity index (χ1) is 31.6. The van der Waals surface area contributed by atoms with Crippen LogP contribution in [0.4, 0.5) is 36.6 Å². The predicted octanol–water partition coefficient (Wildman–Crippen LogP) is 6.89. The molecule has 14 nitrogen and oxygen atoms in total. The highest BCUT2D eigenvalue weighted by Gasteiger charge is 2.68. The summed E-state index contributed by atoms with van der Waals surface area (Å²) in [6.45, 7) is 4.26. The van der Waals surface area contributed by atoms with Crippen molar-refractivity contribution in [1.82, 2.24) is 40.7 Å². The number of rotatable bonds is 11. The van der Waals surface area contributed by atoms with Gasteiger partial charge in [-0.1, -0.05) is 23.6 Å². The van der Waals surface area contributed by atoms with Gasteiger partial charge in [-0.15, -0.1) is 0 Å². The lowest BCUT2D eigenvalue weighted by atomic mass is 9.93. The monoisotopic (exact) mass is 1010 g/mol. The zero-order valence-electron chi connectivity index (χ0n) is 36.5. The number of alkyl halides is 5. The smallest absolute Gasteiger partial charge is 0.381 e. The molecule has 3 aromatic heterocycles. The van der Waals surface area contributed by atoms with E-state index in [1.54, 1.807) is 13.1 Å². The van der Waals surface area contributed by atoms with Crippen molar-refractivity contribution >= 4 is 67.3 Å². The number of hydrazine groups is 1. The Bertz CT molecular complexity index is 3100. The van der Waals surface area contributed by atoms with Gasteiger partial charge in [-0.3, -0.25) is 29.8 Å². The molecule has 0 aliphatic heterocycles. The molecule has 3 aliphatic carbocycles. The number of aliphatic hydroxyl groups is 1. The topological polar surface area (TPSA) is 185 Å². The van der Waals surface area contributed by atoms with E-state index in [1.807, 2.05) is 0 Å². The minimum Gasteiger partial charge on any atom is -0.381 e. The number of benzene rings is 2. The molecule has 0 spiro atoms. The highest BCUT2D eigenvalue weighted by atomic mass is 35.5. The maximum atomic E-state index is 15.6. The maximum Gasteiger partial charge on any atom is 0.435 e. The van der Waals surface area contributed by atoms with Crippen LogP contribution >= 0.6 is 23.8 Å². The molecule has 5 aromatic rings. The van der Waals surface area contributed by atoms with Gasteiger partial charge in [-0.05, 0) is 113 Å². The van der Waals surface area contributed by atoms with Crippen LogP contribution < -0.4 is 21.5 Å². The molecule has 3 atom stereocenters. The Morgan fingerprint density at radius 2 is 1.68 bits per heavy atom. The summed E-state index contributed by atoms with van der Waals surface area (Å²) in [4.78, 5) is 31.2. The highest BCUT2D eigenvalue weighted by Crippen LogP contribution is 2.68. The Hall–Kier alpha value is -5.83. The van der Waals surface area contributed by atoms with E-state index in [4.69, 9.17) is 28.8 Å². The summed E-state index contributed by atoms with van der Waals surface area (Å²) in [5, 5.41) is 23.1. The van der Waals surface area contributed by atoms with Crippen LogP contribution in [0.2, 0.25) is 5.02 Å². The number of aryl methyl sites for hydroxylation is 1. The first-order valence-electron chi connectivity index (χ1n) is 20.9. The van der Waals surface area contributed by atoms with Gasteiger partial charge in [0.05, 0.1) is 32.9 Å². The number of fused-ring (bicyclic) bond motifs is 4. The molecule has 8 rings (SSSR count). The van der Waals surface area contributed by atoms with Gasteiger partial charge in [0.25, 0.3) is 11.8 Å². The molecule has 2 fully saturated rings. The second-order valence-corrected chi connectivity index (χ2v) is 21.5. The van der Waals surface area contributed by atoms with E-state index in [2.05, 4.69) is 43.5 Å². The van der Waals surface area contributed by atoms with E-state index >= 15 is 8.78 Å². The third-order valence-corrected chi connectivity index (χ3v) is 15.3. The third kappa shape index (κ3) is 9.22. The van der Waals surface area contributed by atoms with Crippen LogP contribution in [0.3, 0.4) is 0 Å². The predicted molar refractivity (Wildman–Crippen MR) is 239 cm³/mol. The van der Waals surface area contributed by atoms with E-state index in [-0.39, 0.29) is 50.3 Å². The number of carbonyl (C=O) groups excluding carboxylic acids is 2.